The van der Waals surface area contributed by atoms with Gasteiger partial charge in [0, 0.05) is 39.8 Å². The van der Waals surface area contributed by atoms with Gasteiger partial charge in [0.25, 0.3) is 5.91 Å². The normalized spacial score (nSPS) is 22.6. The standard InChI is InChI=1S/C24H30N2O11/c1-13(27)26-20-22(35-16(4)30)21(34-15(3)29)18(12-33-14(2)28)36-24(20)37-19(31)10-11-25-23(32)17-8-6-5-7-9-17/h5-9,18,20-22,24H,10-12H2,1-4H3,(H,25,32)(H,26,27). The fourth-order valence-electron chi connectivity index (χ4n) is 3.55. The number of rotatable bonds is 10. The number of hydrogen-bond donors (Lipinski definition) is 2. The fourth-order valence-corrected chi connectivity index (χ4v) is 3.55. The lowest BCUT2D eigenvalue weighted by molar-refractivity contribution is -0.271. The summed E-state index contributed by atoms with van der Waals surface area (Å²) in [6.45, 7) is 4.03. The van der Waals surface area contributed by atoms with Crippen LogP contribution in [-0.4, -0.2) is 79.5 Å². The summed E-state index contributed by atoms with van der Waals surface area (Å²) in [7, 11) is 0. The smallest absolute Gasteiger partial charge is 0.309 e. The Labute approximate surface area is 213 Å². The van der Waals surface area contributed by atoms with E-state index >= 15 is 0 Å². The number of amides is 2. The Morgan fingerprint density at radius 3 is 2.03 bits per heavy atom. The van der Waals surface area contributed by atoms with Crippen molar-refractivity contribution in [2.75, 3.05) is 13.2 Å². The molecule has 0 bridgehead atoms. The van der Waals surface area contributed by atoms with E-state index in [-0.39, 0.29) is 18.9 Å². The topological polar surface area (TPSA) is 173 Å². The van der Waals surface area contributed by atoms with Crippen molar-refractivity contribution < 1.29 is 52.5 Å². The van der Waals surface area contributed by atoms with Crippen LogP contribution >= 0.6 is 0 Å². The molecule has 0 spiro atoms. The molecule has 202 valence electrons. The number of nitrogens with one attached hydrogen (secondary N) is 2. The van der Waals surface area contributed by atoms with Crippen LogP contribution in [0.2, 0.25) is 0 Å². The molecule has 1 fully saturated rings. The highest BCUT2D eigenvalue weighted by atomic mass is 16.7. The molecule has 1 aromatic carbocycles. The van der Waals surface area contributed by atoms with Gasteiger partial charge in [0.1, 0.15) is 18.8 Å². The fraction of sp³-hybridized carbons (Fsp3) is 0.500. The van der Waals surface area contributed by atoms with E-state index in [0.717, 1.165) is 20.8 Å². The molecule has 0 saturated carbocycles. The zero-order valence-electron chi connectivity index (χ0n) is 20.9. The number of ether oxygens (including phenoxy) is 5. The van der Waals surface area contributed by atoms with Gasteiger partial charge in [-0.25, -0.2) is 0 Å². The van der Waals surface area contributed by atoms with Crippen LogP contribution < -0.4 is 10.6 Å². The molecule has 13 heteroatoms. The first-order chi connectivity index (χ1) is 17.5. The maximum Gasteiger partial charge on any atom is 0.309 e. The largest absolute Gasteiger partial charge is 0.463 e. The van der Waals surface area contributed by atoms with Crippen LogP contribution in [0.3, 0.4) is 0 Å². The van der Waals surface area contributed by atoms with Gasteiger partial charge in [-0.3, -0.25) is 28.8 Å². The van der Waals surface area contributed by atoms with Crippen molar-refractivity contribution >= 4 is 35.7 Å². The van der Waals surface area contributed by atoms with E-state index in [1.54, 1.807) is 30.3 Å². The van der Waals surface area contributed by atoms with Crippen LogP contribution in [0.15, 0.2) is 30.3 Å². The lowest BCUT2D eigenvalue weighted by atomic mass is 9.96. The Morgan fingerprint density at radius 1 is 0.838 bits per heavy atom. The Kier molecular flexibility index (Phi) is 11.0. The van der Waals surface area contributed by atoms with Gasteiger partial charge in [0.05, 0.1) is 6.42 Å². The van der Waals surface area contributed by atoms with E-state index in [1.165, 1.54) is 6.92 Å². The number of carbonyl (C=O) groups is 6. The Balaban J connectivity index is 2.19. The van der Waals surface area contributed by atoms with Crippen LogP contribution in [0.25, 0.3) is 0 Å². The van der Waals surface area contributed by atoms with E-state index < -0.39 is 67.0 Å². The molecule has 2 N–H and O–H groups in total. The molecule has 13 nitrogen and oxygen atoms in total. The maximum atomic E-state index is 12.6. The second-order valence-corrected chi connectivity index (χ2v) is 8.08. The molecule has 1 heterocycles. The van der Waals surface area contributed by atoms with Crippen molar-refractivity contribution in [1.82, 2.24) is 10.6 Å². The van der Waals surface area contributed by atoms with Gasteiger partial charge in [-0.2, -0.15) is 0 Å². The monoisotopic (exact) mass is 522 g/mol. The van der Waals surface area contributed by atoms with Gasteiger partial charge in [0.2, 0.25) is 12.2 Å². The van der Waals surface area contributed by atoms with Gasteiger partial charge in [-0.1, -0.05) is 18.2 Å². The summed E-state index contributed by atoms with van der Waals surface area (Å²) in [5.74, 6) is -3.99. The third-order valence-corrected chi connectivity index (χ3v) is 4.97. The molecular weight excluding hydrogens is 492 g/mol. The second-order valence-electron chi connectivity index (χ2n) is 8.08. The Morgan fingerprint density at radius 2 is 1.46 bits per heavy atom. The summed E-state index contributed by atoms with van der Waals surface area (Å²) in [5.41, 5.74) is 0.409. The first-order valence-corrected chi connectivity index (χ1v) is 11.4. The third kappa shape index (κ3) is 9.52. The van der Waals surface area contributed by atoms with Crippen LogP contribution in [0, 0.1) is 0 Å². The Bertz CT molecular complexity index is 998. The molecule has 1 aromatic rings. The molecule has 0 radical (unpaired) electrons. The SMILES string of the molecule is CC(=O)NC1C(OC(=O)CCNC(=O)c2ccccc2)OC(COC(C)=O)C(OC(C)=O)C1OC(C)=O. The van der Waals surface area contributed by atoms with Crippen molar-refractivity contribution in [2.24, 2.45) is 0 Å². The minimum absolute atomic E-state index is 0.0651. The van der Waals surface area contributed by atoms with E-state index in [4.69, 9.17) is 23.7 Å². The number of benzene rings is 1. The van der Waals surface area contributed by atoms with E-state index in [9.17, 15) is 28.8 Å². The van der Waals surface area contributed by atoms with Gasteiger partial charge in [-0.15, -0.1) is 0 Å². The zero-order chi connectivity index (χ0) is 27.5. The van der Waals surface area contributed by atoms with Crippen LogP contribution in [0.5, 0.6) is 0 Å². The molecule has 1 saturated heterocycles. The predicted molar refractivity (Wildman–Crippen MR) is 123 cm³/mol. The third-order valence-electron chi connectivity index (χ3n) is 4.97. The average Bonchev–Trinajstić information content (AvgIpc) is 2.81. The van der Waals surface area contributed by atoms with Gasteiger partial charge < -0.3 is 34.3 Å². The van der Waals surface area contributed by atoms with Crippen molar-refractivity contribution in [3.63, 3.8) is 0 Å². The number of esters is 4. The zero-order valence-corrected chi connectivity index (χ0v) is 20.9. The lowest BCUT2D eigenvalue weighted by Crippen LogP contribution is -2.66. The van der Waals surface area contributed by atoms with Gasteiger partial charge in [-0.05, 0) is 12.1 Å². The van der Waals surface area contributed by atoms with Gasteiger partial charge in [0.15, 0.2) is 12.2 Å². The molecule has 2 amide bonds. The second kappa shape index (κ2) is 13.9. The molecule has 1 aliphatic heterocycles. The lowest BCUT2D eigenvalue weighted by Gasteiger charge is -2.44. The summed E-state index contributed by atoms with van der Waals surface area (Å²) in [6, 6.07) is 7.09. The van der Waals surface area contributed by atoms with Crippen LogP contribution in [0.1, 0.15) is 44.5 Å². The van der Waals surface area contributed by atoms with Crippen molar-refractivity contribution in [2.45, 2.75) is 64.8 Å². The minimum atomic E-state index is -1.52. The number of carbonyl (C=O) groups excluding carboxylic acids is 6. The molecule has 0 aromatic heterocycles. The van der Waals surface area contributed by atoms with Crippen molar-refractivity contribution in [3.05, 3.63) is 35.9 Å². The number of hydrogen-bond acceptors (Lipinski definition) is 11. The summed E-state index contributed by atoms with van der Waals surface area (Å²) in [4.78, 5) is 71.6. The summed E-state index contributed by atoms with van der Waals surface area (Å²) in [5, 5.41) is 5.07. The summed E-state index contributed by atoms with van der Waals surface area (Å²) < 4.78 is 26.7. The highest BCUT2D eigenvalue weighted by Crippen LogP contribution is 2.28. The first kappa shape index (κ1) is 29.2. The van der Waals surface area contributed by atoms with E-state index in [1.807, 2.05) is 0 Å². The van der Waals surface area contributed by atoms with Crippen molar-refractivity contribution in [1.29, 1.82) is 0 Å². The molecule has 0 aliphatic carbocycles. The summed E-state index contributed by atoms with van der Waals surface area (Å²) in [6.07, 6.45) is -5.64. The van der Waals surface area contributed by atoms with Crippen LogP contribution in [-0.2, 0) is 47.7 Å². The van der Waals surface area contributed by atoms with Gasteiger partial charge >= 0.3 is 23.9 Å². The molecule has 1 aliphatic rings. The predicted octanol–water partition coefficient (Wildman–Crippen LogP) is 0.00580. The molecule has 5 unspecified atom stereocenters. The van der Waals surface area contributed by atoms with Crippen molar-refractivity contribution in [3.8, 4) is 0 Å². The first-order valence-electron chi connectivity index (χ1n) is 11.4. The highest BCUT2D eigenvalue weighted by Gasteiger charge is 2.52. The summed E-state index contributed by atoms with van der Waals surface area (Å²) >= 11 is 0. The highest BCUT2D eigenvalue weighted by molar-refractivity contribution is 5.94. The molecule has 5 atom stereocenters. The van der Waals surface area contributed by atoms with E-state index in [0.29, 0.717) is 5.56 Å². The van der Waals surface area contributed by atoms with Crippen LogP contribution in [0.4, 0.5) is 0 Å². The average molecular weight is 523 g/mol. The molecule has 37 heavy (non-hydrogen) atoms. The maximum absolute atomic E-state index is 12.6. The van der Waals surface area contributed by atoms with E-state index in [2.05, 4.69) is 10.6 Å². The Hall–Kier alpha value is -4.00. The molecule has 2 rings (SSSR count). The quantitative estimate of drug-likeness (QED) is 0.313. The molecular formula is C24H30N2O11. The minimum Gasteiger partial charge on any atom is -0.463 e.